The summed E-state index contributed by atoms with van der Waals surface area (Å²) in [6, 6.07) is 4.57. The van der Waals surface area contributed by atoms with Gasteiger partial charge in [-0.1, -0.05) is 19.0 Å². The third-order valence-electron chi connectivity index (χ3n) is 6.40. The van der Waals surface area contributed by atoms with E-state index in [1.807, 2.05) is 0 Å². The summed E-state index contributed by atoms with van der Waals surface area (Å²) in [6.07, 6.45) is 5.39. The molecule has 2 aromatic rings. The van der Waals surface area contributed by atoms with E-state index < -0.39 is 15.7 Å². The molecule has 0 radical (unpaired) electrons. The topological polar surface area (TPSA) is 85.5 Å². The zero-order chi connectivity index (χ0) is 22.2. The quantitative estimate of drug-likeness (QED) is 0.598. The Labute approximate surface area is 182 Å². The molecule has 2 fully saturated rings. The monoisotopic (exact) mass is 451 g/mol. The summed E-state index contributed by atoms with van der Waals surface area (Å²) in [5.74, 6) is 2.70. The van der Waals surface area contributed by atoms with Gasteiger partial charge in [-0.25, -0.2) is 12.8 Å². The molecule has 2 atom stereocenters. The van der Waals surface area contributed by atoms with Crippen molar-refractivity contribution in [3.8, 4) is 5.75 Å². The molecule has 170 valence electrons. The molecule has 0 unspecified atom stereocenters. The van der Waals surface area contributed by atoms with E-state index in [-0.39, 0.29) is 10.8 Å². The number of anilines is 1. The Bertz CT molecular complexity index is 1020. The molecule has 0 bridgehead atoms. The third-order valence-corrected chi connectivity index (χ3v) is 7.53. The van der Waals surface area contributed by atoms with Crippen LogP contribution < -0.4 is 9.64 Å². The Morgan fingerprint density at radius 3 is 2.65 bits per heavy atom. The van der Waals surface area contributed by atoms with Crippen molar-refractivity contribution in [2.45, 2.75) is 50.3 Å². The highest BCUT2D eigenvalue weighted by Gasteiger charge is 2.43. The summed E-state index contributed by atoms with van der Waals surface area (Å²) in [5, 5.41) is 4.06. The van der Waals surface area contributed by atoms with Crippen molar-refractivity contribution in [1.82, 2.24) is 10.1 Å². The van der Waals surface area contributed by atoms with Gasteiger partial charge in [0.1, 0.15) is 16.5 Å². The molecule has 7 nitrogen and oxygen atoms in total. The molecule has 1 saturated heterocycles. The van der Waals surface area contributed by atoms with E-state index in [4.69, 9.17) is 9.26 Å². The number of hydrogen-bond donors (Lipinski definition) is 0. The lowest BCUT2D eigenvalue weighted by molar-refractivity contribution is 0.281. The zero-order valence-corrected chi connectivity index (χ0v) is 19.1. The first-order chi connectivity index (χ1) is 14.7. The van der Waals surface area contributed by atoms with Crippen molar-refractivity contribution < 1.29 is 22.1 Å². The minimum Gasteiger partial charge on any atom is -0.493 e. The summed E-state index contributed by atoms with van der Waals surface area (Å²) < 4.78 is 48.0. The molecule has 1 aromatic carbocycles. The molecular weight excluding hydrogens is 421 g/mol. The normalized spacial score (nSPS) is 22.2. The van der Waals surface area contributed by atoms with Crippen LogP contribution in [0.2, 0.25) is 0 Å². The fraction of sp³-hybridized carbons (Fsp3) is 0.636. The second-order valence-corrected chi connectivity index (χ2v) is 11.1. The van der Waals surface area contributed by atoms with Gasteiger partial charge in [0.25, 0.3) is 0 Å². The summed E-state index contributed by atoms with van der Waals surface area (Å²) in [7, 11) is -3.57. The molecule has 2 heterocycles. The van der Waals surface area contributed by atoms with Crippen LogP contribution in [0.1, 0.15) is 51.3 Å². The van der Waals surface area contributed by atoms with E-state index in [0.717, 1.165) is 56.4 Å². The molecule has 0 spiro atoms. The Balaban J connectivity index is 1.20. The molecule has 1 aromatic heterocycles. The van der Waals surface area contributed by atoms with Crippen LogP contribution in [0.15, 0.2) is 27.6 Å². The number of ether oxygens (including phenoxy) is 1. The minimum atomic E-state index is -3.57. The molecule has 9 heteroatoms. The number of piperidine rings is 1. The number of benzene rings is 1. The second-order valence-electron chi connectivity index (χ2n) is 9.08. The van der Waals surface area contributed by atoms with Crippen molar-refractivity contribution in [2.24, 2.45) is 17.8 Å². The molecule has 31 heavy (non-hydrogen) atoms. The van der Waals surface area contributed by atoms with Gasteiger partial charge in [0, 0.05) is 31.3 Å². The van der Waals surface area contributed by atoms with Crippen molar-refractivity contribution >= 4 is 15.9 Å². The first kappa shape index (κ1) is 22.0. The Hall–Kier alpha value is -2.16. The SMILES string of the molecule is CC(C)c1noc(N2CCC([C@H]3C[C@H]3CCOc3ccc(S(C)(=O)=O)c(F)c3)CC2)n1. The summed E-state index contributed by atoms with van der Waals surface area (Å²) >= 11 is 0. The number of aromatic nitrogens is 2. The van der Waals surface area contributed by atoms with E-state index in [1.54, 1.807) is 0 Å². The van der Waals surface area contributed by atoms with E-state index in [1.165, 1.54) is 18.6 Å². The second kappa shape index (κ2) is 8.76. The largest absolute Gasteiger partial charge is 0.493 e. The fourth-order valence-corrected chi connectivity index (χ4v) is 5.22. The zero-order valence-electron chi connectivity index (χ0n) is 18.3. The number of hydrogen-bond acceptors (Lipinski definition) is 7. The van der Waals surface area contributed by atoms with Crippen molar-refractivity contribution in [1.29, 1.82) is 0 Å². The standard InChI is InChI=1S/C22H30FN3O4S/c1-14(2)21-24-22(30-25-21)26-9-6-15(7-10-26)18-12-16(18)8-11-29-17-4-5-20(19(23)13-17)31(3,27)28/h4-5,13-16,18H,6-12H2,1-3H3/t16-,18-/m1/s1. The van der Waals surface area contributed by atoms with E-state index in [0.29, 0.717) is 30.2 Å². The number of nitrogens with zero attached hydrogens (tertiary/aromatic N) is 3. The maximum atomic E-state index is 14.0. The first-order valence-corrected chi connectivity index (χ1v) is 12.8. The van der Waals surface area contributed by atoms with E-state index >= 15 is 0 Å². The lowest BCUT2D eigenvalue weighted by atomic mass is 9.90. The van der Waals surface area contributed by atoms with Gasteiger partial charge in [0.05, 0.1) is 6.61 Å². The average Bonchev–Trinajstić information content (AvgIpc) is 3.30. The van der Waals surface area contributed by atoms with Crippen LogP contribution >= 0.6 is 0 Å². The molecule has 4 rings (SSSR count). The molecule has 1 aliphatic carbocycles. The van der Waals surface area contributed by atoms with Crippen LogP contribution in [0.25, 0.3) is 0 Å². The van der Waals surface area contributed by atoms with Gasteiger partial charge in [-0.2, -0.15) is 4.98 Å². The summed E-state index contributed by atoms with van der Waals surface area (Å²) in [4.78, 5) is 6.39. The molecule has 0 N–H and O–H groups in total. The van der Waals surface area contributed by atoms with Gasteiger partial charge in [-0.15, -0.1) is 0 Å². The average molecular weight is 452 g/mol. The third kappa shape index (κ3) is 5.19. The van der Waals surface area contributed by atoms with Crippen LogP contribution in [0, 0.1) is 23.6 Å². The minimum absolute atomic E-state index is 0.263. The highest BCUT2D eigenvalue weighted by atomic mass is 32.2. The van der Waals surface area contributed by atoms with Crippen LogP contribution in [0.4, 0.5) is 10.4 Å². The number of sulfone groups is 1. The molecule has 0 amide bonds. The predicted molar refractivity (Wildman–Crippen MR) is 115 cm³/mol. The summed E-state index contributed by atoms with van der Waals surface area (Å²) in [6.45, 7) is 6.50. The smallest absolute Gasteiger partial charge is 0.324 e. The number of halogens is 1. The van der Waals surface area contributed by atoms with E-state index in [9.17, 15) is 12.8 Å². The van der Waals surface area contributed by atoms with Gasteiger partial charge in [-0.3, -0.25) is 0 Å². The Kier molecular flexibility index (Phi) is 6.23. The van der Waals surface area contributed by atoms with Crippen LogP contribution in [0.5, 0.6) is 5.75 Å². The summed E-state index contributed by atoms with van der Waals surface area (Å²) in [5.41, 5.74) is 0. The maximum absolute atomic E-state index is 14.0. The van der Waals surface area contributed by atoms with Gasteiger partial charge in [0.15, 0.2) is 15.7 Å². The van der Waals surface area contributed by atoms with E-state index in [2.05, 4.69) is 28.9 Å². The fourth-order valence-electron chi connectivity index (χ4n) is 4.49. The molecular formula is C22H30FN3O4S. The van der Waals surface area contributed by atoms with Crippen molar-refractivity contribution in [2.75, 3.05) is 30.9 Å². The predicted octanol–water partition coefficient (Wildman–Crippen LogP) is 4.06. The molecule has 2 aliphatic rings. The van der Waals surface area contributed by atoms with Crippen molar-refractivity contribution in [3.63, 3.8) is 0 Å². The van der Waals surface area contributed by atoms with Gasteiger partial charge in [0.2, 0.25) is 0 Å². The molecule has 1 saturated carbocycles. The maximum Gasteiger partial charge on any atom is 0.324 e. The number of rotatable bonds is 8. The van der Waals surface area contributed by atoms with Gasteiger partial charge < -0.3 is 14.2 Å². The highest BCUT2D eigenvalue weighted by molar-refractivity contribution is 7.90. The van der Waals surface area contributed by atoms with Crippen molar-refractivity contribution in [3.05, 3.63) is 29.8 Å². The lowest BCUT2D eigenvalue weighted by Crippen LogP contribution is -2.34. The van der Waals surface area contributed by atoms with Gasteiger partial charge in [-0.05, 0) is 55.6 Å². The highest BCUT2D eigenvalue weighted by Crippen LogP contribution is 2.50. The molecule has 1 aliphatic heterocycles. The lowest BCUT2D eigenvalue weighted by Gasteiger charge is -2.30. The Morgan fingerprint density at radius 2 is 2.03 bits per heavy atom. The Morgan fingerprint density at radius 1 is 1.29 bits per heavy atom. The van der Waals surface area contributed by atoms with Gasteiger partial charge >= 0.3 is 6.01 Å². The van der Waals surface area contributed by atoms with Crippen LogP contribution in [-0.2, 0) is 9.84 Å². The van der Waals surface area contributed by atoms with Crippen LogP contribution in [0.3, 0.4) is 0 Å². The first-order valence-electron chi connectivity index (χ1n) is 10.9. The van der Waals surface area contributed by atoms with Crippen LogP contribution in [-0.4, -0.2) is 44.5 Å².